The van der Waals surface area contributed by atoms with E-state index >= 15 is 0 Å². The van der Waals surface area contributed by atoms with Gasteiger partial charge in [-0.15, -0.1) is 0 Å². The van der Waals surface area contributed by atoms with E-state index in [-0.39, 0.29) is 11.8 Å². The molecule has 1 aromatic heterocycles. The number of rotatable bonds is 7. The van der Waals surface area contributed by atoms with Crippen LogP contribution in [0.5, 0.6) is 0 Å². The molecule has 1 unspecified atom stereocenters. The first-order chi connectivity index (χ1) is 8.21. The van der Waals surface area contributed by atoms with E-state index in [0.717, 1.165) is 25.8 Å². The lowest BCUT2D eigenvalue weighted by molar-refractivity contribution is 0.255. The molecule has 1 aromatic rings. The largest absolute Gasteiger partial charge is 0.396 e. The molecule has 94 valence electrons. The maximum atomic E-state index is 8.94. The molecule has 0 fully saturated rings. The summed E-state index contributed by atoms with van der Waals surface area (Å²) in [6, 6.07) is 2.00. The number of aromatic nitrogens is 1. The summed E-state index contributed by atoms with van der Waals surface area (Å²) in [4.78, 5) is 4.50. The molecule has 0 aliphatic heterocycles. The highest BCUT2D eigenvalue weighted by atomic mass is 35.5. The topological polar surface area (TPSA) is 68.9 Å². The minimum Gasteiger partial charge on any atom is -0.396 e. The van der Waals surface area contributed by atoms with Crippen molar-refractivity contribution in [2.45, 2.75) is 26.2 Å². The molecule has 2 N–H and O–H groups in total. The van der Waals surface area contributed by atoms with Crippen LogP contribution in [0, 0.1) is 17.2 Å². The van der Waals surface area contributed by atoms with Gasteiger partial charge in [-0.3, -0.25) is 0 Å². The minimum atomic E-state index is 0.203. The molecule has 0 radical (unpaired) electrons. The highest BCUT2D eigenvalue weighted by molar-refractivity contribution is 7.16. The van der Waals surface area contributed by atoms with Gasteiger partial charge in [-0.25, -0.2) is 4.98 Å². The highest BCUT2D eigenvalue weighted by Crippen LogP contribution is 2.26. The Bertz CT molecular complexity index is 383. The van der Waals surface area contributed by atoms with Crippen molar-refractivity contribution >= 4 is 28.1 Å². The van der Waals surface area contributed by atoms with Gasteiger partial charge in [0.2, 0.25) is 0 Å². The summed E-state index contributed by atoms with van der Waals surface area (Å²) < 4.78 is 0. The van der Waals surface area contributed by atoms with Crippen LogP contribution in [0.4, 0.5) is 5.13 Å². The third-order valence-corrected chi connectivity index (χ3v) is 3.77. The fourth-order valence-corrected chi connectivity index (χ4v) is 2.57. The van der Waals surface area contributed by atoms with E-state index in [2.05, 4.69) is 17.2 Å². The molecule has 0 spiro atoms. The Balaban J connectivity index is 2.50. The zero-order valence-corrected chi connectivity index (χ0v) is 11.3. The molecule has 0 aromatic carbocycles. The van der Waals surface area contributed by atoms with Crippen molar-refractivity contribution in [1.82, 2.24) is 4.98 Å². The monoisotopic (exact) mass is 273 g/mol. The van der Waals surface area contributed by atoms with Gasteiger partial charge < -0.3 is 10.4 Å². The number of hydrogen-bond acceptors (Lipinski definition) is 5. The maximum absolute atomic E-state index is 8.94. The van der Waals surface area contributed by atoms with Crippen LogP contribution in [-0.2, 0) is 0 Å². The SMILES string of the molecule is CCCC(CCO)CNc1nc(Cl)c(C#N)s1. The van der Waals surface area contributed by atoms with Gasteiger partial charge in [0.1, 0.15) is 10.9 Å². The van der Waals surface area contributed by atoms with Gasteiger partial charge in [-0.2, -0.15) is 5.26 Å². The Labute approximate surface area is 110 Å². The maximum Gasteiger partial charge on any atom is 0.185 e. The molecule has 0 aliphatic carbocycles. The molecular weight excluding hydrogens is 258 g/mol. The Morgan fingerprint density at radius 1 is 1.59 bits per heavy atom. The molecule has 6 heteroatoms. The number of anilines is 1. The number of nitrogens with zero attached hydrogens (tertiary/aromatic N) is 2. The van der Waals surface area contributed by atoms with E-state index in [1.165, 1.54) is 11.3 Å². The summed E-state index contributed by atoms with van der Waals surface area (Å²) in [6.07, 6.45) is 2.94. The van der Waals surface area contributed by atoms with E-state index in [4.69, 9.17) is 22.0 Å². The van der Waals surface area contributed by atoms with Gasteiger partial charge in [0.05, 0.1) is 0 Å². The number of hydrogen-bond donors (Lipinski definition) is 2. The van der Waals surface area contributed by atoms with Crippen molar-refractivity contribution in [2.24, 2.45) is 5.92 Å². The molecule has 0 saturated carbocycles. The highest BCUT2D eigenvalue weighted by Gasteiger charge is 2.11. The summed E-state index contributed by atoms with van der Waals surface area (Å²) in [5.41, 5.74) is 0. The normalized spacial score (nSPS) is 12.1. The fraction of sp³-hybridized carbons (Fsp3) is 0.636. The van der Waals surface area contributed by atoms with Gasteiger partial charge in [0, 0.05) is 13.2 Å². The number of aliphatic hydroxyl groups excluding tert-OH is 1. The Morgan fingerprint density at radius 3 is 2.88 bits per heavy atom. The third kappa shape index (κ3) is 4.50. The molecule has 0 amide bonds. The van der Waals surface area contributed by atoms with Gasteiger partial charge in [0.25, 0.3) is 0 Å². The standard InChI is InChI=1S/C11H16ClN3OS/c1-2-3-8(4-5-16)7-14-11-15-10(12)9(6-13)17-11/h8,16H,2-5,7H2,1H3,(H,14,15). The van der Waals surface area contributed by atoms with Crippen LogP contribution >= 0.6 is 22.9 Å². The van der Waals surface area contributed by atoms with E-state index in [0.29, 0.717) is 15.9 Å². The number of halogens is 1. The summed E-state index contributed by atoms with van der Waals surface area (Å²) in [6.45, 7) is 3.08. The van der Waals surface area contributed by atoms with Crippen molar-refractivity contribution in [3.05, 3.63) is 10.0 Å². The predicted molar refractivity (Wildman–Crippen MR) is 70.4 cm³/mol. The second kappa shape index (κ2) is 7.49. The lowest BCUT2D eigenvalue weighted by Crippen LogP contribution is -2.15. The Hall–Kier alpha value is -0.830. The van der Waals surface area contributed by atoms with E-state index in [1.807, 2.05) is 6.07 Å². The van der Waals surface area contributed by atoms with E-state index in [9.17, 15) is 0 Å². The van der Waals surface area contributed by atoms with Crippen molar-refractivity contribution in [3.63, 3.8) is 0 Å². The van der Waals surface area contributed by atoms with Crippen molar-refractivity contribution < 1.29 is 5.11 Å². The molecule has 4 nitrogen and oxygen atoms in total. The first kappa shape index (κ1) is 14.2. The molecule has 0 bridgehead atoms. The molecule has 17 heavy (non-hydrogen) atoms. The third-order valence-electron chi connectivity index (χ3n) is 2.46. The fourth-order valence-electron chi connectivity index (χ4n) is 1.62. The zero-order chi connectivity index (χ0) is 12.7. The lowest BCUT2D eigenvalue weighted by Gasteiger charge is -2.14. The van der Waals surface area contributed by atoms with Crippen LogP contribution in [0.1, 0.15) is 31.1 Å². The van der Waals surface area contributed by atoms with Crippen LogP contribution in [0.2, 0.25) is 5.15 Å². The molecule has 1 atom stereocenters. The van der Waals surface area contributed by atoms with E-state index in [1.54, 1.807) is 0 Å². The minimum absolute atomic E-state index is 0.203. The number of nitriles is 1. The summed E-state index contributed by atoms with van der Waals surface area (Å²) in [5, 5.41) is 21.8. The molecule has 1 rings (SSSR count). The second-order valence-electron chi connectivity index (χ2n) is 3.80. The Kier molecular flexibility index (Phi) is 6.27. The van der Waals surface area contributed by atoms with Gasteiger partial charge in [0.15, 0.2) is 10.3 Å². The average Bonchev–Trinajstić information content (AvgIpc) is 2.67. The first-order valence-electron chi connectivity index (χ1n) is 5.62. The lowest BCUT2D eigenvalue weighted by atomic mass is 10.0. The van der Waals surface area contributed by atoms with Gasteiger partial charge in [-0.05, 0) is 18.8 Å². The van der Waals surface area contributed by atoms with Gasteiger partial charge in [-0.1, -0.05) is 36.3 Å². The quantitative estimate of drug-likeness (QED) is 0.801. The predicted octanol–water partition coefficient (Wildman–Crippen LogP) is 2.88. The molecular formula is C11H16ClN3OS. The van der Waals surface area contributed by atoms with Crippen LogP contribution < -0.4 is 5.32 Å². The van der Waals surface area contributed by atoms with Crippen LogP contribution in [0.25, 0.3) is 0 Å². The van der Waals surface area contributed by atoms with Crippen LogP contribution in [0.15, 0.2) is 0 Å². The molecule has 1 heterocycles. The number of nitrogens with one attached hydrogen (secondary N) is 1. The van der Waals surface area contributed by atoms with Crippen molar-refractivity contribution in [3.8, 4) is 6.07 Å². The van der Waals surface area contributed by atoms with Gasteiger partial charge >= 0.3 is 0 Å². The number of thiazole rings is 1. The zero-order valence-electron chi connectivity index (χ0n) is 9.74. The van der Waals surface area contributed by atoms with Crippen molar-refractivity contribution in [2.75, 3.05) is 18.5 Å². The van der Waals surface area contributed by atoms with Crippen molar-refractivity contribution in [1.29, 1.82) is 5.26 Å². The Morgan fingerprint density at radius 2 is 2.35 bits per heavy atom. The molecule has 0 saturated heterocycles. The first-order valence-corrected chi connectivity index (χ1v) is 6.81. The average molecular weight is 274 g/mol. The second-order valence-corrected chi connectivity index (χ2v) is 5.16. The summed E-state index contributed by atoms with van der Waals surface area (Å²) >= 11 is 7.04. The van der Waals surface area contributed by atoms with Crippen LogP contribution in [-0.4, -0.2) is 23.2 Å². The summed E-state index contributed by atoms with van der Waals surface area (Å²) in [5.74, 6) is 0.429. The number of aliphatic hydroxyl groups is 1. The van der Waals surface area contributed by atoms with E-state index < -0.39 is 0 Å². The van der Waals surface area contributed by atoms with Crippen LogP contribution in [0.3, 0.4) is 0 Å². The summed E-state index contributed by atoms with van der Waals surface area (Å²) in [7, 11) is 0. The smallest absolute Gasteiger partial charge is 0.185 e. The molecule has 0 aliphatic rings.